The van der Waals surface area contributed by atoms with Crippen molar-refractivity contribution < 1.29 is 13.9 Å². The summed E-state index contributed by atoms with van der Waals surface area (Å²) < 4.78 is 11.2. The quantitative estimate of drug-likeness (QED) is 0.560. The zero-order valence-corrected chi connectivity index (χ0v) is 21.3. The second-order valence-electron chi connectivity index (χ2n) is 10.9. The molecule has 3 fully saturated rings. The molecule has 1 saturated heterocycles. The summed E-state index contributed by atoms with van der Waals surface area (Å²) in [5.74, 6) is 2.19. The van der Waals surface area contributed by atoms with Crippen molar-refractivity contribution in [1.29, 1.82) is 0 Å². The first-order valence-corrected chi connectivity index (χ1v) is 13.0. The fourth-order valence-corrected chi connectivity index (χ4v) is 5.25. The molecule has 0 radical (unpaired) electrons. The minimum absolute atomic E-state index is 0.0136. The van der Waals surface area contributed by atoms with Gasteiger partial charge in [-0.3, -0.25) is 4.79 Å². The molecule has 5 rings (SSSR count). The third-order valence-corrected chi connectivity index (χ3v) is 7.43. The van der Waals surface area contributed by atoms with Crippen LogP contribution in [0.25, 0.3) is 0 Å². The Kier molecular flexibility index (Phi) is 7.07. The summed E-state index contributed by atoms with van der Waals surface area (Å²) in [7, 11) is 1.76. The maximum atomic E-state index is 14.1. The fourth-order valence-electron chi connectivity index (χ4n) is 5.25. The van der Waals surface area contributed by atoms with Gasteiger partial charge in [0.05, 0.1) is 17.7 Å². The van der Waals surface area contributed by atoms with Crippen LogP contribution in [-0.4, -0.2) is 70.9 Å². The fraction of sp³-hybridized carbons (Fsp3) is 0.692. The first-order chi connectivity index (χ1) is 16.9. The summed E-state index contributed by atoms with van der Waals surface area (Å²) in [5.41, 5.74) is 2.61. The zero-order valence-electron chi connectivity index (χ0n) is 21.3. The van der Waals surface area contributed by atoms with Crippen LogP contribution in [-0.2, 0) is 4.74 Å². The number of anilines is 1. The number of hydrogen-bond acceptors (Lipinski definition) is 8. The molecular weight excluding hydrogens is 444 g/mol. The highest BCUT2D eigenvalue weighted by atomic mass is 16.5. The predicted molar refractivity (Wildman–Crippen MR) is 133 cm³/mol. The van der Waals surface area contributed by atoms with E-state index in [0.29, 0.717) is 48.0 Å². The smallest absolute Gasteiger partial charge is 0.274 e. The van der Waals surface area contributed by atoms with Gasteiger partial charge in [0.15, 0.2) is 5.69 Å². The van der Waals surface area contributed by atoms with Crippen LogP contribution in [0.3, 0.4) is 0 Å². The lowest BCUT2D eigenvalue weighted by Crippen LogP contribution is -2.52. The van der Waals surface area contributed by atoms with E-state index >= 15 is 0 Å². The summed E-state index contributed by atoms with van der Waals surface area (Å²) >= 11 is 0. The van der Waals surface area contributed by atoms with Crippen molar-refractivity contribution in [2.24, 2.45) is 5.92 Å². The summed E-state index contributed by atoms with van der Waals surface area (Å²) in [6.45, 7) is 8.28. The van der Waals surface area contributed by atoms with E-state index in [4.69, 9.17) is 14.1 Å². The molecule has 0 spiro atoms. The van der Waals surface area contributed by atoms with E-state index in [9.17, 15) is 4.79 Å². The van der Waals surface area contributed by atoms with Gasteiger partial charge in [-0.15, -0.1) is 10.2 Å². The average molecular weight is 483 g/mol. The van der Waals surface area contributed by atoms with E-state index in [0.717, 1.165) is 38.0 Å². The van der Waals surface area contributed by atoms with E-state index in [1.165, 1.54) is 18.4 Å². The van der Waals surface area contributed by atoms with Crippen molar-refractivity contribution in [2.45, 2.75) is 82.9 Å². The van der Waals surface area contributed by atoms with Gasteiger partial charge in [-0.2, -0.15) is 0 Å². The zero-order chi connectivity index (χ0) is 24.5. The van der Waals surface area contributed by atoms with Gasteiger partial charge in [-0.25, -0.2) is 4.98 Å². The molecule has 9 heteroatoms. The molecule has 2 aromatic rings. The highest BCUT2D eigenvalue weighted by Crippen LogP contribution is 2.41. The Morgan fingerprint density at radius 2 is 2.03 bits per heavy atom. The minimum Gasteiger partial charge on any atom is -0.425 e. The monoisotopic (exact) mass is 482 g/mol. The number of aromatic nitrogens is 3. The molecule has 9 nitrogen and oxygen atoms in total. The van der Waals surface area contributed by atoms with Crippen LogP contribution in [0.4, 0.5) is 5.69 Å². The van der Waals surface area contributed by atoms with Crippen molar-refractivity contribution in [2.75, 3.05) is 32.1 Å². The van der Waals surface area contributed by atoms with Crippen molar-refractivity contribution >= 4 is 11.6 Å². The standard InChI is InChI=1S/C26H38N6O3/c1-15(2)14-32(21-7-19(11-27-13-21)25-31-30-16(3)35-25)26(33)24-23(29-20-9-22(10-20)34-4)8-18(12-28-24)17-5-6-17/h8,12,15,17,19-22,27,29H,5-7,9-11,13-14H2,1-4H3/t19-,20?,21?,22?/m1/s1. The van der Waals surface area contributed by atoms with Crippen LogP contribution in [0.5, 0.6) is 0 Å². The van der Waals surface area contributed by atoms with Crippen molar-refractivity contribution in [3.8, 4) is 0 Å². The number of nitrogens with zero attached hydrogens (tertiary/aromatic N) is 4. The number of carbonyl (C=O) groups excluding carboxylic acids is 1. The van der Waals surface area contributed by atoms with Crippen molar-refractivity contribution in [3.05, 3.63) is 35.3 Å². The maximum absolute atomic E-state index is 14.1. The number of amides is 1. The van der Waals surface area contributed by atoms with Crippen LogP contribution in [0, 0.1) is 12.8 Å². The summed E-state index contributed by atoms with van der Waals surface area (Å²) in [4.78, 5) is 20.8. The van der Waals surface area contributed by atoms with Gasteiger partial charge >= 0.3 is 0 Å². The van der Waals surface area contributed by atoms with E-state index in [-0.39, 0.29) is 17.9 Å². The number of carbonyl (C=O) groups is 1. The van der Waals surface area contributed by atoms with Crippen molar-refractivity contribution in [1.82, 2.24) is 25.4 Å². The molecule has 1 amide bonds. The van der Waals surface area contributed by atoms with Crippen LogP contribution < -0.4 is 10.6 Å². The number of methoxy groups -OCH3 is 1. The van der Waals surface area contributed by atoms with Crippen molar-refractivity contribution in [3.63, 3.8) is 0 Å². The lowest BCUT2D eigenvalue weighted by Gasteiger charge is -2.39. The predicted octanol–water partition coefficient (Wildman–Crippen LogP) is 3.48. The summed E-state index contributed by atoms with van der Waals surface area (Å²) in [6, 6.07) is 2.49. The lowest BCUT2D eigenvalue weighted by molar-refractivity contribution is 0.0328. The average Bonchev–Trinajstić information content (AvgIpc) is 3.59. The molecule has 3 heterocycles. The first kappa shape index (κ1) is 24.2. The van der Waals surface area contributed by atoms with Gasteiger partial charge in [-0.1, -0.05) is 13.8 Å². The maximum Gasteiger partial charge on any atom is 0.274 e. The normalized spacial score (nSPS) is 26.4. The molecular formula is C26H38N6O3. The summed E-state index contributed by atoms with van der Waals surface area (Å²) in [5, 5.41) is 15.4. The lowest BCUT2D eigenvalue weighted by atomic mass is 9.89. The van der Waals surface area contributed by atoms with Crippen LogP contribution >= 0.6 is 0 Å². The molecule has 3 aliphatic rings. The molecule has 2 saturated carbocycles. The SMILES string of the molecule is COC1CC(Nc2cc(C3CC3)cnc2C(=O)N(CC(C)C)C2CNC[C@H](c3nnc(C)o3)C2)C1. The van der Waals surface area contributed by atoms with E-state index in [1.807, 2.05) is 11.1 Å². The Hall–Kier alpha value is -2.52. The van der Waals surface area contributed by atoms with Gasteiger partial charge in [0, 0.05) is 51.9 Å². The van der Waals surface area contributed by atoms with E-state index < -0.39 is 0 Å². The third kappa shape index (κ3) is 5.51. The largest absolute Gasteiger partial charge is 0.425 e. The molecule has 35 heavy (non-hydrogen) atoms. The number of aryl methyl sites for hydroxylation is 1. The van der Waals surface area contributed by atoms with E-state index in [2.05, 4.69) is 40.7 Å². The second-order valence-corrected chi connectivity index (χ2v) is 10.9. The minimum atomic E-state index is -0.0136. The van der Waals surface area contributed by atoms with Gasteiger partial charge in [0.25, 0.3) is 5.91 Å². The Morgan fingerprint density at radius 1 is 1.23 bits per heavy atom. The van der Waals surface area contributed by atoms with Crippen LogP contribution in [0.1, 0.15) is 85.6 Å². The second kappa shape index (κ2) is 10.2. The first-order valence-electron chi connectivity index (χ1n) is 13.0. The molecule has 2 aromatic heterocycles. The van der Waals surface area contributed by atoms with Crippen LogP contribution in [0.2, 0.25) is 0 Å². The highest BCUT2D eigenvalue weighted by molar-refractivity contribution is 5.98. The van der Waals surface area contributed by atoms with Gasteiger partial charge in [0.1, 0.15) is 0 Å². The van der Waals surface area contributed by atoms with Crippen LogP contribution in [0.15, 0.2) is 16.7 Å². The number of nitrogens with one attached hydrogen (secondary N) is 2. The number of rotatable bonds is 9. The number of pyridine rings is 1. The molecule has 190 valence electrons. The Bertz CT molecular complexity index is 1030. The van der Waals surface area contributed by atoms with Gasteiger partial charge in [-0.05, 0) is 55.6 Å². The molecule has 2 atom stereocenters. The van der Waals surface area contributed by atoms with Gasteiger partial charge in [0.2, 0.25) is 11.8 Å². The Labute approximate surface area is 207 Å². The molecule has 0 aromatic carbocycles. The Morgan fingerprint density at radius 3 is 2.69 bits per heavy atom. The summed E-state index contributed by atoms with van der Waals surface area (Å²) in [6.07, 6.45) is 7.29. The number of hydrogen-bond donors (Lipinski definition) is 2. The van der Waals surface area contributed by atoms with E-state index in [1.54, 1.807) is 14.0 Å². The Balaban J connectivity index is 1.39. The van der Waals surface area contributed by atoms with Gasteiger partial charge < -0.3 is 24.7 Å². The number of ether oxygens (including phenoxy) is 1. The molecule has 1 aliphatic heterocycles. The highest BCUT2D eigenvalue weighted by Gasteiger charge is 2.36. The molecule has 1 unspecified atom stereocenters. The third-order valence-electron chi connectivity index (χ3n) is 7.43. The number of piperidine rings is 1. The molecule has 2 aliphatic carbocycles. The topological polar surface area (TPSA) is 105 Å². The molecule has 2 N–H and O–H groups in total. The molecule has 0 bridgehead atoms.